The smallest absolute Gasteiger partial charge is 0.226 e. The lowest BCUT2D eigenvalue weighted by molar-refractivity contribution is -0.116. The molecule has 2 aromatic carbocycles. The number of thiazole rings is 1. The number of nitrogens with zero attached hydrogens (tertiary/aromatic N) is 1. The van der Waals surface area contributed by atoms with Gasteiger partial charge in [-0.05, 0) is 37.3 Å². The first kappa shape index (κ1) is 18.4. The van der Waals surface area contributed by atoms with E-state index >= 15 is 0 Å². The van der Waals surface area contributed by atoms with Crippen molar-refractivity contribution in [3.63, 3.8) is 0 Å². The largest absolute Gasteiger partial charge is 0.326 e. The summed E-state index contributed by atoms with van der Waals surface area (Å²) in [5.41, 5.74) is 2.75. The minimum atomic E-state index is -0.117. The minimum Gasteiger partial charge on any atom is -0.326 e. The number of carbonyl (C=O) groups excluding carboxylic acids is 2. The van der Waals surface area contributed by atoms with E-state index in [1.54, 1.807) is 17.8 Å². The molecule has 0 bridgehead atoms. The molecule has 1 aromatic heterocycles. The standard InChI is InChI=1S/C19H19N3O2S2/c1-12-3-6-15(7-4-12)25-10-9-18(24)22-19-21-16-8-5-14(20-13(2)23)11-17(16)26-19/h3-8,11H,9-10H2,1-2H3,(H,20,23)(H,21,22,24). The summed E-state index contributed by atoms with van der Waals surface area (Å²) in [5, 5.41) is 6.17. The van der Waals surface area contributed by atoms with Gasteiger partial charge in [-0.15, -0.1) is 11.8 Å². The highest BCUT2D eigenvalue weighted by molar-refractivity contribution is 7.99. The van der Waals surface area contributed by atoms with Crippen molar-refractivity contribution in [3.05, 3.63) is 48.0 Å². The second-order valence-corrected chi connectivity index (χ2v) is 8.04. The van der Waals surface area contributed by atoms with Crippen LogP contribution in [0.2, 0.25) is 0 Å². The Morgan fingerprint density at radius 3 is 2.62 bits per heavy atom. The number of hydrogen-bond donors (Lipinski definition) is 2. The predicted molar refractivity (Wildman–Crippen MR) is 109 cm³/mol. The number of fused-ring (bicyclic) bond motifs is 1. The molecule has 26 heavy (non-hydrogen) atoms. The van der Waals surface area contributed by atoms with E-state index in [0.29, 0.717) is 17.3 Å². The summed E-state index contributed by atoms with van der Waals surface area (Å²) in [6.07, 6.45) is 0.422. The van der Waals surface area contributed by atoms with E-state index in [2.05, 4.69) is 46.8 Å². The molecule has 5 nitrogen and oxygen atoms in total. The van der Waals surface area contributed by atoms with E-state index in [0.717, 1.165) is 20.8 Å². The van der Waals surface area contributed by atoms with Crippen LogP contribution in [0.1, 0.15) is 18.9 Å². The summed E-state index contributed by atoms with van der Waals surface area (Å²) < 4.78 is 0.917. The van der Waals surface area contributed by atoms with Crippen LogP contribution in [-0.2, 0) is 9.59 Å². The highest BCUT2D eigenvalue weighted by Crippen LogP contribution is 2.28. The lowest BCUT2D eigenvalue weighted by Gasteiger charge is -2.02. The van der Waals surface area contributed by atoms with Crippen LogP contribution in [0, 0.1) is 6.92 Å². The fourth-order valence-electron chi connectivity index (χ4n) is 2.34. The maximum Gasteiger partial charge on any atom is 0.226 e. The van der Waals surface area contributed by atoms with Crippen molar-refractivity contribution < 1.29 is 9.59 Å². The van der Waals surface area contributed by atoms with Gasteiger partial charge in [0.25, 0.3) is 0 Å². The van der Waals surface area contributed by atoms with Crippen LogP contribution < -0.4 is 10.6 Å². The molecule has 1 heterocycles. The zero-order valence-corrected chi connectivity index (χ0v) is 16.2. The molecule has 2 amide bonds. The quantitative estimate of drug-likeness (QED) is 0.604. The Hall–Kier alpha value is -2.38. The summed E-state index contributed by atoms with van der Waals surface area (Å²) in [4.78, 5) is 28.8. The van der Waals surface area contributed by atoms with Gasteiger partial charge in [0, 0.05) is 29.7 Å². The van der Waals surface area contributed by atoms with E-state index < -0.39 is 0 Å². The summed E-state index contributed by atoms with van der Waals surface area (Å²) in [5.74, 6) is 0.547. The number of nitrogens with one attached hydrogen (secondary N) is 2. The van der Waals surface area contributed by atoms with Crippen LogP contribution in [0.25, 0.3) is 10.2 Å². The highest BCUT2D eigenvalue weighted by Gasteiger charge is 2.09. The van der Waals surface area contributed by atoms with Crippen molar-refractivity contribution in [3.8, 4) is 0 Å². The lowest BCUT2D eigenvalue weighted by atomic mass is 10.2. The van der Waals surface area contributed by atoms with Gasteiger partial charge in [-0.3, -0.25) is 9.59 Å². The van der Waals surface area contributed by atoms with Gasteiger partial charge in [-0.2, -0.15) is 0 Å². The van der Waals surface area contributed by atoms with Crippen LogP contribution in [0.4, 0.5) is 10.8 Å². The van der Waals surface area contributed by atoms with Gasteiger partial charge in [-0.25, -0.2) is 4.98 Å². The Bertz CT molecular complexity index is 936. The molecule has 3 aromatic rings. The second kappa shape index (κ2) is 8.33. The normalized spacial score (nSPS) is 10.7. The van der Waals surface area contributed by atoms with Gasteiger partial charge >= 0.3 is 0 Å². The van der Waals surface area contributed by atoms with Crippen LogP contribution in [0.3, 0.4) is 0 Å². The van der Waals surface area contributed by atoms with E-state index in [4.69, 9.17) is 0 Å². The van der Waals surface area contributed by atoms with Gasteiger partial charge in [0.1, 0.15) is 0 Å². The molecular weight excluding hydrogens is 366 g/mol. The molecule has 0 unspecified atom stereocenters. The van der Waals surface area contributed by atoms with Crippen molar-refractivity contribution >= 4 is 55.9 Å². The molecule has 0 fully saturated rings. The number of benzene rings is 2. The first-order valence-electron chi connectivity index (χ1n) is 8.17. The molecule has 0 saturated heterocycles. The number of rotatable bonds is 6. The zero-order chi connectivity index (χ0) is 18.5. The van der Waals surface area contributed by atoms with Crippen LogP contribution >= 0.6 is 23.1 Å². The van der Waals surface area contributed by atoms with Crippen LogP contribution in [-0.4, -0.2) is 22.6 Å². The molecule has 0 aliphatic carbocycles. The van der Waals surface area contributed by atoms with Crippen molar-refractivity contribution in [2.24, 2.45) is 0 Å². The fourth-order valence-corrected chi connectivity index (χ4v) is 4.11. The third-order valence-electron chi connectivity index (χ3n) is 3.57. The first-order chi connectivity index (χ1) is 12.5. The number of aryl methyl sites for hydroxylation is 1. The third-order valence-corrected chi connectivity index (χ3v) is 5.52. The van der Waals surface area contributed by atoms with Crippen molar-refractivity contribution in [2.45, 2.75) is 25.2 Å². The first-order valence-corrected chi connectivity index (χ1v) is 9.97. The maximum absolute atomic E-state index is 12.1. The molecular formula is C19H19N3O2S2. The van der Waals surface area contributed by atoms with Crippen LogP contribution in [0.15, 0.2) is 47.4 Å². The van der Waals surface area contributed by atoms with E-state index in [-0.39, 0.29) is 11.8 Å². The number of thioether (sulfide) groups is 1. The SMILES string of the molecule is CC(=O)Nc1ccc2nc(NC(=O)CCSc3ccc(C)cc3)sc2c1. The van der Waals surface area contributed by atoms with Gasteiger partial charge in [-0.1, -0.05) is 29.0 Å². The minimum absolute atomic E-state index is 0.0502. The Labute approximate surface area is 160 Å². The molecule has 0 saturated carbocycles. The molecule has 0 radical (unpaired) electrons. The number of anilines is 2. The number of aromatic nitrogens is 1. The Balaban J connectivity index is 1.55. The Morgan fingerprint density at radius 1 is 1.12 bits per heavy atom. The monoisotopic (exact) mass is 385 g/mol. The Morgan fingerprint density at radius 2 is 1.88 bits per heavy atom. The Kier molecular flexibility index (Phi) is 5.90. The second-order valence-electron chi connectivity index (χ2n) is 5.84. The number of carbonyl (C=O) groups is 2. The lowest BCUT2D eigenvalue weighted by Crippen LogP contribution is -2.11. The molecule has 0 aliphatic heterocycles. The maximum atomic E-state index is 12.1. The summed E-state index contributed by atoms with van der Waals surface area (Å²) in [6, 6.07) is 13.8. The topological polar surface area (TPSA) is 71.1 Å². The molecule has 2 N–H and O–H groups in total. The molecule has 3 rings (SSSR count). The van der Waals surface area contributed by atoms with E-state index in [9.17, 15) is 9.59 Å². The summed E-state index contributed by atoms with van der Waals surface area (Å²) in [7, 11) is 0. The third kappa shape index (κ3) is 5.06. The average Bonchev–Trinajstić information content (AvgIpc) is 2.97. The van der Waals surface area contributed by atoms with Crippen molar-refractivity contribution in [2.75, 3.05) is 16.4 Å². The molecule has 0 atom stereocenters. The van der Waals surface area contributed by atoms with Gasteiger partial charge in [0.05, 0.1) is 10.2 Å². The molecule has 0 spiro atoms. The van der Waals surface area contributed by atoms with Gasteiger partial charge in [0.2, 0.25) is 11.8 Å². The predicted octanol–water partition coefficient (Wildman–Crippen LogP) is 4.68. The summed E-state index contributed by atoms with van der Waals surface area (Å²) >= 11 is 3.06. The number of hydrogen-bond acceptors (Lipinski definition) is 5. The molecule has 134 valence electrons. The fraction of sp³-hybridized carbons (Fsp3) is 0.211. The average molecular weight is 386 g/mol. The van der Waals surface area contributed by atoms with E-state index in [1.165, 1.54) is 23.8 Å². The van der Waals surface area contributed by atoms with Crippen molar-refractivity contribution in [1.29, 1.82) is 0 Å². The molecule has 7 heteroatoms. The van der Waals surface area contributed by atoms with Crippen molar-refractivity contribution in [1.82, 2.24) is 4.98 Å². The number of amides is 2. The van der Waals surface area contributed by atoms with E-state index in [1.807, 2.05) is 12.1 Å². The van der Waals surface area contributed by atoms with Crippen LogP contribution in [0.5, 0.6) is 0 Å². The van der Waals surface area contributed by atoms with Gasteiger partial charge in [0.15, 0.2) is 5.13 Å². The highest BCUT2D eigenvalue weighted by atomic mass is 32.2. The molecule has 0 aliphatic rings. The summed E-state index contributed by atoms with van der Waals surface area (Å²) in [6.45, 7) is 3.52. The van der Waals surface area contributed by atoms with Gasteiger partial charge < -0.3 is 10.6 Å². The zero-order valence-electron chi connectivity index (χ0n) is 14.5.